The zero-order valence-corrected chi connectivity index (χ0v) is 14.8. The van der Waals surface area contributed by atoms with E-state index < -0.39 is 6.10 Å². The van der Waals surface area contributed by atoms with E-state index in [4.69, 9.17) is 21.1 Å². The number of carbonyl (C=O) groups is 1. The molecule has 0 bridgehead atoms. The highest BCUT2D eigenvalue weighted by molar-refractivity contribution is 6.30. The lowest BCUT2D eigenvalue weighted by Gasteiger charge is -2.21. The second kappa shape index (κ2) is 8.60. The van der Waals surface area contributed by atoms with E-state index in [0.29, 0.717) is 10.8 Å². The Bertz CT molecular complexity index is 673. The van der Waals surface area contributed by atoms with Gasteiger partial charge in [-0.05, 0) is 49.2 Å². The molecule has 2 aromatic rings. The molecule has 2 atom stereocenters. The molecule has 0 radical (unpaired) electrons. The molecule has 2 rings (SSSR count). The van der Waals surface area contributed by atoms with Crippen LogP contribution in [0.1, 0.15) is 31.9 Å². The molecule has 0 saturated heterocycles. The Morgan fingerprint density at radius 3 is 2.46 bits per heavy atom. The number of amides is 1. The van der Waals surface area contributed by atoms with E-state index >= 15 is 0 Å². The van der Waals surface area contributed by atoms with Gasteiger partial charge < -0.3 is 14.8 Å². The van der Waals surface area contributed by atoms with Crippen molar-refractivity contribution in [3.05, 3.63) is 59.1 Å². The first kappa shape index (κ1) is 18.1. The van der Waals surface area contributed by atoms with Gasteiger partial charge in [-0.15, -0.1) is 0 Å². The van der Waals surface area contributed by atoms with E-state index in [2.05, 4.69) is 5.32 Å². The summed E-state index contributed by atoms with van der Waals surface area (Å²) in [6.45, 7) is 3.74. The van der Waals surface area contributed by atoms with Gasteiger partial charge in [-0.1, -0.05) is 36.7 Å². The van der Waals surface area contributed by atoms with Gasteiger partial charge in [0.1, 0.15) is 11.5 Å². The fraction of sp³-hybridized carbons (Fsp3) is 0.316. The van der Waals surface area contributed by atoms with Crippen LogP contribution in [-0.2, 0) is 4.79 Å². The molecular weight excluding hydrogens is 326 g/mol. The number of ether oxygens (including phenoxy) is 2. The summed E-state index contributed by atoms with van der Waals surface area (Å²) in [5.41, 5.74) is 1.03. The highest BCUT2D eigenvalue weighted by Crippen LogP contribution is 2.21. The van der Waals surface area contributed by atoms with E-state index in [-0.39, 0.29) is 11.9 Å². The lowest BCUT2D eigenvalue weighted by molar-refractivity contribution is -0.128. The van der Waals surface area contributed by atoms with E-state index in [1.54, 1.807) is 38.3 Å². The zero-order chi connectivity index (χ0) is 17.5. The molecule has 0 aliphatic heterocycles. The van der Waals surface area contributed by atoms with Gasteiger partial charge in [0.2, 0.25) is 0 Å². The Morgan fingerprint density at radius 2 is 1.88 bits per heavy atom. The van der Waals surface area contributed by atoms with Crippen molar-refractivity contribution >= 4 is 17.5 Å². The average Bonchev–Trinajstić information content (AvgIpc) is 2.59. The number of hydrogen-bond donors (Lipinski definition) is 1. The first-order valence-corrected chi connectivity index (χ1v) is 8.27. The summed E-state index contributed by atoms with van der Waals surface area (Å²) in [4.78, 5) is 12.4. The van der Waals surface area contributed by atoms with Crippen LogP contribution < -0.4 is 14.8 Å². The molecule has 24 heavy (non-hydrogen) atoms. The van der Waals surface area contributed by atoms with Gasteiger partial charge in [-0.25, -0.2) is 0 Å². The summed E-state index contributed by atoms with van der Waals surface area (Å²) < 4.78 is 10.8. The fourth-order valence-electron chi connectivity index (χ4n) is 2.34. The number of rotatable bonds is 7. The second-order valence-corrected chi connectivity index (χ2v) is 5.90. The molecule has 0 fully saturated rings. The number of benzene rings is 2. The maximum absolute atomic E-state index is 12.4. The smallest absolute Gasteiger partial charge is 0.261 e. The van der Waals surface area contributed by atoms with Crippen molar-refractivity contribution in [1.29, 1.82) is 0 Å². The van der Waals surface area contributed by atoms with Crippen molar-refractivity contribution < 1.29 is 14.3 Å². The zero-order valence-electron chi connectivity index (χ0n) is 14.1. The minimum absolute atomic E-state index is 0.0752. The van der Waals surface area contributed by atoms with E-state index in [1.807, 2.05) is 31.2 Å². The minimum atomic E-state index is -0.615. The van der Waals surface area contributed by atoms with Crippen molar-refractivity contribution in [1.82, 2.24) is 5.32 Å². The van der Waals surface area contributed by atoms with Gasteiger partial charge in [-0.3, -0.25) is 4.79 Å². The van der Waals surface area contributed by atoms with Crippen LogP contribution in [-0.4, -0.2) is 19.1 Å². The van der Waals surface area contributed by atoms with Crippen LogP contribution >= 0.6 is 11.6 Å². The van der Waals surface area contributed by atoms with Crippen molar-refractivity contribution in [3.63, 3.8) is 0 Å². The van der Waals surface area contributed by atoms with Gasteiger partial charge in [0.25, 0.3) is 5.91 Å². The van der Waals surface area contributed by atoms with Gasteiger partial charge in [-0.2, -0.15) is 0 Å². The first-order chi connectivity index (χ1) is 11.5. The average molecular weight is 348 g/mol. The SMILES string of the molecule is CC[C@@H](NC(=O)[C@H](C)Oc1cccc(Cl)c1)c1ccc(OC)cc1. The molecule has 0 aromatic heterocycles. The monoisotopic (exact) mass is 347 g/mol. The molecule has 0 spiro atoms. The van der Waals surface area contributed by atoms with E-state index in [0.717, 1.165) is 17.7 Å². The Hall–Kier alpha value is -2.20. The molecule has 1 N–H and O–H groups in total. The van der Waals surface area contributed by atoms with Crippen LogP contribution in [0.15, 0.2) is 48.5 Å². The van der Waals surface area contributed by atoms with E-state index in [1.165, 1.54) is 0 Å². The predicted molar refractivity (Wildman–Crippen MR) is 95.7 cm³/mol. The Labute approximate surface area is 147 Å². The number of halogens is 1. The molecule has 1 amide bonds. The summed E-state index contributed by atoms with van der Waals surface area (Å²) in [5.74, 6) is 1.19. The van der Waals surface area contributed by atoms with Crippen molar-refractivity contribution in [3.8, 4) is 11.5 Å². The summed E-state index contributed by atoms with van der Waals surface area (Å²) in [6, 6.07) is 14.6. The lowest BCUT2D eigenvalue weighted by Crippen LogP contribution is -2.38. The molecule has 0 aliphatic rings. The van der Waals surface area contributed by atoms with Crippen LogP contribution in [0.5, 0.6) is 11.5 Å². The molecule has 0 unspecified atom stereocenters. The fourth-order valence-corrected chi connectivity index (χ4v) is 2.52. The molecular formula is C19H22ClNO3. The molecule has 2 aromatic carbocycles. The quantitative estimate of drug-likeness (QED) is 0.808. The highest BCUT2D eigenvalue weighted by atomic mass is 35.5. The van der Waals surface area contributed by atoms with Gasteiger partial charge in [0, 0.05) is 5.02 Å². The number of methoxy groups -OCH3 is 1. The summed E-state index contributed by atoms with van der Waals surface area (Å²) >= 11 is 5.93. The Morgan fingerprint density at radius 1 is 1.17 bits per heavy atom. The third kappa shape index (κ3) is 4.90. The number of carbonyl (C=O) groups excluding carboxylic acids is 1. The molecule has 0 aliphatic carbocycles. The Balaban J connectivity index is 1.99. The lowest BCUT2D eigenvalue weighted by atomic mass is 10.0. The first-order valence-electron chi connectivity index (χ1n) is 7.90. The summed E-state index contributed by atoms with van der Waals surface area (Å²) in [6.07, 6.45) is 0.165. The number of hydrogen-bond acceptors (Lipinski definition) is 3. The van der Waals surface area contributed by atoms with Crippen molar-refractivity contribution in [2.24, 2.45) is 0 Å². The van der Waals surface area contributed by atoms with Gasteiger partial charge >= 0.3 is 0 Å². The maximum Gasteiger partial charge on any atom is 0.261 e. The van der Waals surface area contributed by atoms with Crippen LogP contribution in [0.3, 0.4) is 0 Å². The largest absolute Gasteiger partial charge is 0.497 e. The maximum atomic E-state index is 12.4. The molecule has 0 heterocycles. The normalized spacial score (nSPS) is 13.0. The van der Waals surface area contributed by atoms with E-state index in [9.17, 15) is 4.79 Å². The predicted octanol–water partition coefficient (Wildman–Crippen LogP) is 4.38. The summed E-state index contributed by atoms with van der Waals surface area (Å²) in [7, 11) is 1.63. The third-order valence-corrected chi connectivity index (χ3v) is 3.96. The molecule has 4 nitrogen and oxygen atoms in total. The van der Waals surface area contributed by atoms with Crippen LogP contribution in [0, 0.1) is 0 Å². The topological polar surface area (TPSA) is 47.6 Å². The summed E-state index contributed by atoms with van der Waals surface area (Å²) in [5, 5.41) is 3.59. The minimum Gasteiger partial charge on any atom is -0.497 e. The van der Waals surface area contributed by atoms with Crippen LogP contribution in [0.4, 0.5) is 0 Å². The number of nitrogens with one attached hydrogen (secondary N) is 1. The van der Waals surface area contributed by atoms with Crippen LogP contribution in [0.2, 0.25) is 5.02 Å². The standard InChI is InChI=1S/C19H22ClNO3/c1-4-18(14-8-10-16(23-3)11-9-14)21-19(22)13(2)24-17-7-5-6-15(20)12-17/h5-13,18H,4H2,1-3H3,(H,21,22)/t13-,18+/m0/s1. The second-order valence-electron chi connectivity index (χ2n) is 5.46. The third-order valence-electron chi connectivity index (χ3n) is 3.72. The van der Waals surface area contributed by atoms with Crippen molar-refractivity contribution in [2.75, 3.05) is 7.11 Å². The highest BCUT2D eigenvalue weighted by Gasteiger charge is 2.19. The molecule has 5 heteroatoms. The molecule has 128 valence electrons. The van der Waals surface area contributed by atoms with Crippen LogP contribution in [0.25, 0.3) is 0 Å². The molecule has 0 saturated carbocycles. The Kier molecular flexibility index (Phi) is 6.50. The van der Waals surface area contributed by atoms with Crippen molar-refractivity contribution in [2.45, 2.75) is 32.4 Å². The van der Waals surface area contributed by atoms with Gasteiger partial charge in [0.15, 0.2) is 6.10 Å². The van der Waals surface area contributed by atoms with Gasteiger partial charge in [0.05, 0.1) is 13.2 Å².